The first-order chi connectivity index (χ1) is 15.1. The Labute approximate surface area is 179 Å². The summed E-state index contributed by atoms with van der Waals surface area (Å²) in [7, 11) is 0. The van der Waals surface area contributed by atoms with Crippen molar-refractivity contribution in [3.8, 4) is 17.1 Å². The molecule has 0 saturated heterocycles. The lowest BCUT2D eigenvalue weighted by Gasteiger charge is -2.13. The Hall–Kier alpha value is -3.48. The summed E-state index contributed by atoms with van der Waals surface area (Å²) in [5.74, 6) is 0.624. The number of Topliss-reactive ketones (excluding diaryl/α,β-unsaturated/α-hetero) is 1. The zero-order valence-electron chi connectivity index (χ0n) is 16.9. The summed E-state index contributed by atoms with van der Waals surface area (Å²) in [6.45, 7) is 0.335. The van der Waals surface area contributed by atoms with Crippen molar-refractivity contribution in [2.45, 2.75) is 25.9 Å². The van der Waals surface area contributed by atoms with Gasteiger partial charge in [-0.15, -0.1) is 0 Å². The van der Waals surface area contributed by atoms with Crippen molar-refractivity contribution in [2.24, 2.45) is 23.7 Å². The summed E-state index contributed by atoms with van der Waals surface area (Å²) in [6, 6.07) is 13.0. The summed E-state index contributed by atoms with van der Waals surface area (Å²) < 4.78 is 5.83. The van der Waals surface area contributed by atoms with Crippen LogP contribution in [0.4, 0.5) is 0 Å². The molecule has 2 aliphatic carbocycles. The number of carboxylic acids is 1. The van der Waals surface area contributed by atoms with Crippen molar-refractivity contribution >= 4 is 11.8 Å². The Kier molecular flexibility index (Phi) is 5.02. The lowest BCUT2D eigenvalue weighted by molar-refractivity contribution is -0.142. The van der Waals surface area contributed by atoms with Crippen LogP contribution in [0, 0.1) is 23.7 Å². The van der Waals surface area contributed by atoms with E-state index in [1.54, 1.807) is 12.4 Å². The molecule has 2 aromatic heterocycles. The Morgan fingerprint density at radius 1 is 1.13 bits per heavy atom. The van der Waals surface area contributed by atoms with Crippen LogP contribution in [0.2, 0.25) is 0 Å². The quantitative estimate of drug-likeness (QED) is 0.537. The maximum Gasteiger partial charge on any atom is 0.306 e. The number of aromatic amines is 1. The first-order valence-corrected chi connectivity index (χ1v) is 10.5. The van der Waals surface area contributed by atoms with Crippen LogP contribution < -0.4 is 4.74 Å². The molecule has 0 radical (unpaired) electrons. The molecule has 7 heteroatoms. The summed E-state index contributed by atoms with van der Waals surface area (Å²) in [5, 5.41) is 16.1. The van der Waals surface area contributed by atoms with Gasteiger partial charge in [0.15, 0.2) is 5.78 Å². The Balaban J connectivity index is 1.18. The highest BCUT2D eigenvalue weighted by Gasteiger charge is 2.56. The van der Waals surface area contributed by atoms with Crippen LogP contribution in [0.5, 0.6) is 5.75 Å². The number of hydrogen-bond donors (Lipinski definition) is 2. The fourth-order valence-corrected chi connectivity index (χ4v) is 4.82. The lowest BCUT2D eigenvalue weighted by Crippen LogP contribution is -2.16. The molecular weight excluding hydrogens is 394 g/mol. The van der Waals surface area contributed by atoms with Gasteiger partial charge < -0.3 is 9.84 Å². The number of benzene rings is 1. The van der Waals surface area contributed by atoms with E-state index in [2.05, 4.69) is 15.2 Å². The van der Waals surface area contributed by atoms with Gasteiger partial charge in [-0.3, -0.25) is 19.7 Å². The Bertz CT molecular complexity index is 1090. The summed E-state index contributed by atoms with van der Waals surface area (Å²) >= 11 is 0. The standard InChI is InChI=1S/C24H23N3O4/c28-23(10-16-9-20(24(29)30)19-11-18(16)19)15-3-1-2-14(8-15)13-31-17-4-5-21(25-12-17)22-6-7-26-27-22/h1-8,12,16,18-20H,9-11,13H2,(H,26,27)(H,29,30)/t16?,18?,19?,20-/m1/s1. The largest absolute Gasteiger partial charge is 0.487 e. The Morgan fingerprint density at radius 3 is 2.74 bits per heavy atom. The van der Waals surface area contributed by atoms with Gasteiger partial charge in [0.1, 0.15) is 12.4 Å². The summed E-state index contributed by atoms with van der Waals surface area (Å²) in [4.78, 5) is 28.5. The van der Waals surface area contributed by atoms with Crippen LogP contribution in [-0.4, -0.2) is 32.0 Å². The fourth-order valence-electron chi connectivity index (χ4n) is 4.82. The van der Waals surface area contributed by atoms with Crippen molar-refractivity contribution in [1.29, 1.82) is 0 Å². The highest BCUT2D eigenvalue weighted by Crippen LogP contribution is 2.59. The van der Waals surface area contributed by atoms with E-state index >= 15 is 0 Å². The zero-order chi connectivity index (χ0) is 21.4. The third kappa shape index (κ3) is 4.08. The van der Waals surface area contributed by atoms with Crippen LogP contribution in [0.3, 0.4) is 0 Å². The van der Waals surface area contributed by atoms with E-state index in [0.717, 1.165) is 23.4 Å². The molecule has 4 atom stereocenters. The SMILES string of the molecule is O=C(CC1C[C@@H](C(=O)O)C2CC12)c1cccc(COc2ccc(-c3ccn[nH]3)nc2)c1. The van der Waals surface area contributed by atoms with E-state index in [0.29, 0.717) is 36.7 Å². The number of nitrogens with one attached hydrogen (secondary N) is 1. The number of rotatable bonds is 8. The molecule has 0 amide bonds. The van der Waals surface area contributed by atoms with E-state index in [4.69, 9.17) is 4.74 Å². The highest BCUT2D eigenvalue weighted by molar-refractivity contribution is 5.96. The average Bonchev–Trinajstić information content (AvgIpc) is 3.21. The van der Waals surface area contributed by atoms with Gasteiger partial charge in [0.25, 0.3) is 0 Å². The predicted molar refractivity (Wildman–Crippen MR) is 112 cm³/mol. The molecule has 3 unspecified atom stereocenters. The van der Waals surface area contributed by atoms with Gasteiger partial charge in [-0.25, -0.2) is 0 Å². The van der Waals surface area contributed by atoms with Gasteiger partial charge in [0.2, 0.25) is 0 Å². The third-order valence-corrected chi connectivity index (χ3v) is 6.50. The van der Waals surface area contributed by atoms with Crippen LogP contribution in [0.1, 0.15) is 35.2 Å². The maximum atomic E-state index is 12.8. The minimum Gasteiger partial charge on any atom is -0.487 e. The molecule has 2 saturated carbocycles. The van der Waals surface area contributed by atoms with E-state index < -0.39 is 5.97 Å². The van der Waals surface area contributed by atoms with Gasteiger partial charge in [-0.2, -0.15) is 5.10 Å². The van der Waals surface area contributed by atoms with Gasteiger partial charge in [-0.1, -0.05) is 18.2 Å². The molecule has 3 aromatic rings. The maximum absolute atomic E-state index is 12.8. The number of carbonyl (C=O) groups is 2. The first-order valence-electron chi connectivity index (χ1n) is 10.5. The first kappa shape index (κ1) is 19.5. The fraction of sp³-hybridized carbons (Fsp3) is 0.333. The second-order valence-electron chi connectivity index (χ2n) is 8.47. The number of ether oxygens (including phenoxy) is 1. The predicted octanol–water partition coefficient (Wildman–Crippen LogP) is 3.98. The van der Waals surface area contributed by atoms with E-state index in [9.17, 15) is 14.7 Å². The number of carbonyl (C=O) groups excluding carboxylic acids is 1. The van der Waals surface area contributed by atoms with Crippen LogP contribution in [0.15, 0.2) is 54.9 Å². The van der Waals surface area contributed by atoms with Crippen molar-refractivity contribution in [2.75, 3.05) is 0 Å². The minimum absolute atomic E-state index is 0.0779. The smallest absolute Gasteiger partial charge is 0.306 e. The van der Waals surface area contributed by atoms with Crippen molar-refractivity contribution in [3.05, 3.63) is 66.0 Å². The molecule has 2 aliphatic rings. The van der Waals surface area contributed by atoms with Gasteiger partial charge in [-0.05, 0) is 60.4 Å². The number of aliphatic carboxylic acids is 1. The second-order valence-corrected chi connectivity index (χ2v) is 8.47. The van der Waals surface area contributed by atoms with Crippen LogP contribution in [-0.2, 0) is 11.4 Å². The highest BCUT2D eigenvalue weighted by atomic mass is 16.5. The Morgan fingerprint density at radius 2 is 2.03 bits per heavy atom. The van der Waals surface area contributed by atoms with E-state index in [1.165, 1.54) is 0 Å². The van der Waals surface area contributed by atoms with Crippen molar-refractivity contribution < 1.29 is 19.4 Å². The third-order valence-electron chi connectivity index (χ3n) is 6.50. The molecular formula is C24H23N3O4. The molecule has 31 heavy (non-hydrogen) atoms. The molecule has 0 bridgehead atoms. The molecule has 2 fully saturated rings. The minimum atomic E-state index is -0.714. The van der Waals surface area contributed by atoms with Crippen molar-refractivity contribution in [1.82, 2.24) is 15.2 Å². The number of carboxylic acid groups (broad SMARTS) is 1. The lowest BCUT2D eigenvalue weighted by atomic mass is 9.91. The molecule has 0 spiro atoms. The number of pyridine rings is 1. The monoisotopic (exact) mass is 417 g/mol. The number of H-pyrrole nitrogens is 1. The molecule has 1 aromatic carbocycles. The normalized spacial score (nSPS) is 23.9. The van der Waals surface area contributed by atoms with E-state index in [1.807, 2.05) is 42.5 Å². The number of ketones is 1. The number of hydrogen-bond acceptors (Lipinski definition) is 5. The molecule has 2 heterocycles. The van der Waals surface area contributed by atoms with Crippen LogP contribution in [0.25, 0.3) is 11.4 Å². The molecule has 5 rings (SSSR count). The number of fused-ring (bicyclic) bond motifs is 1. The molecule has 158 valence electrons. The van der Waals surface area contributed by atoms with Gasteiger partial charge in [0, 0.05) is 18.2 Å². The molecule has 2 N–H and O–H groups in total. The number of aromatic nitrogens is 3. The topological polar surface area (TPSA) is 105 Å². The average molecular weight is 417 g/mol. The summed E-state index contributed by atoms with van der Waals surface area (Å²) in [5.41, 5.74) is 3.19. The second kappa shape index (κ2) is 7.98. The number of nitrogens with zero attached hydrogens (tertiary/aromatic N) is 2. The van der Waals surface area contributed by atoms with Gasteiger partial charge >= 0.3 is 5.97 Å². The van der Waals surface area contributed by atoms with E-state index in [-0.39, 0.29) is 23.5 Å². The van der Waals surface area contributed by atoms with Crippen molar-refractivity contribution in [3.63, 3.8) is 0 Å². The van der Waals surface area contributed by atoms with Gasteiger partial charge in [0.05, 0.1) is 23.5 Å². The zero-order valence-corrected chi connectivity index (χ0v) is 16.9. The molecule has 0 aliphatic heterocycles. The van der Waals surface area contributed by atoms with Crippen LogP contribution >= 0.6 is 0 Å². The summed E-state index contributed by atoms with van der Waals surface area (Å²) in [6.07, 6.45) is 5.34. The molecule has 7 nitrogen and oxygen atoms in total.